The number of anilines is 4. The van der Waals surface area contributed by atoms with E-state index < -0.39 is 10.9 Å². The van der Waals surface area contributed by atoms with Crippen LogP contribution in [0.3, 0.4) is 0 Å². The van der Waals surface area contributed by atoms with Crippen molar-refractivity contribution in [3.63, 3.8) is 0 Å². The van der Waals surface area contributed by atoms with Crippen LogP contribution in [-0.4, -0.2) is 13.7 Å². The topological polar surface area (TPSA) is 82.4 Å². The predicted octanol–water partition coefficient (Wildman–Crippen LogP) is 3.06. The molecule has 0 fully saturated rings. The van der Waals surface area contributed by atoms with E-state index in [9.17, 15) is 9.59 Å². The minimum absolute atomic E-state index is 0.261. The van der Waals surface area contributed by atoms with Gasteiger partial charge in [-0.15, -0.1) is 0 Å². The van der Waals surface area contributed by atoms with Gasteiger partial charge in [0.1, 0.15) is 17.1 Å². The van der Waals surface area contributed by atoms with Crippen molar-refractivity contribution in [2.45, 2.75) is 6.92 Å². The highest BCUT2D eigenvalue weighted by molar-refractivity contribution is 5.83. The Kier molecular flexibility index (Phi) is 4.72. The summed E-state index contributed by atoms with van der Waals surface area (Å²) in [7, 11) is 1.59. The third kappa shape index (κ3) is 3.03. The molecule has 0 spiro atoms. The number of benzene rings is 2. The Morgan fingerprint density at radius 1 is 1.04 bits per heavy atom. The van der Waals surface area contributed by atoms with E-state index in [-0.39, 0.29) is 5.69 Å². The van der Waals surface area contributed by atoms with E-state index in [1.54, 1.807) is 48.4 Å². The number of nitrogens with zero attached hydrogens (tertiary/aromatic N) is 2. The molecule has 3 aromatic rings. The van der Waals surface area contributed by atoms with Crippen LogP contribution in [0.25, 0.3) is 0 Å². The molecule has 0 amide bonds. The first kappa shape index (κ1) is 17.2. The molecule has 0 aliphatic heterocycles. The van der Waals surface area contributed by atoms with Crippen molar-refractivity contribution in [2.75, 3.05) is 23.9 Å². The highest BCUT2D eigenvalue weighted by atomic mass is 16.5. The summed E-state index contributed by atoms with van der Waals surface area (Å²) in [6.45, 7) is 2.44. The minimum atomic E-state index is -0.545. The molecule has 6 nitrogen and oxygen atoms in total. The van der Waals surface area contributed by atoms with Crippen LogP contribution >= 0.6 is 0 Å². The Morgan fingerprint density at radius 3 is 2.23 bits per heavy atom. The molecule has 0 aromatic heterocycles. The van der Waals surface area contributed by atoms with Crippen molar-refractivity contribution < 1.29 is 4.74 Å². The fourth-order valence-corrected chi connectivity index (χ4v) is 2.76. The predicted molar refractivity (Wildman–Crippen MR) is 101 cm³/mol. The average molecular weight is 347 g/mol. The highest BCUT2D eigenvalue weighted by Gasteiger charge is 2.26. The number of hydrogen-bond acceptors (Lipinski definition) is 6. The quantitative estimate of drug-likeness (QED) is 0.690. The SMILES string of the molecule is CCN(c1ccc(OC)cc1)c1c(Nc2ccc(C#N)cc2)c(=O)c1=O. The van der Waals surface area contributed by atoms with Gasteiger partial charge in [-0.25, -0.2) is 0 Å². The van der Waals surface area contributed by atoms with E-state index >= 15 is 0 Å². The van der Waals surface area contributed by atoms with Crippen LogP contribution < -0.4 is 25.8 Å². The van der Waals surface area contributed by atoms with E-state index in [2.05, 4.69) is 5.32 Å². The molecule has 26 heavy (non-hydrogen) atoms. The molecule has 1 N–H and O–H groups in total. The number of ether oxygens (including phenoxy) is 1. The lowest BCUT2D eigenvalue weighted by Crippen LogP contribution is -2.40. The van der Waals surface area contributed by atoms with E-state index in [0.717, 1.165) is 5.69 Å². The molecule has 6 heteroatoms. The zero-order chi connectivity index (χ0) is 18.7. The maximum absolute atomic E-state index is 12.2. The van der Waals surface area contributed by atoms with Crippen LogP contribution in [-0.2, 0) is 0 Å². The second-order valence-corrected chi connectivity index (χ2v) is 5.64. The lowest BCUT2D eigenvalue weighted by Gasteiger charge is -2.26. The van der Waals surface area contributed by atoms with Crippen LogP contribution in [0, 0.1) is 11.3 Å². The van der Waals surface area contributed by atoms with Gasteiger partial charge in [-0.05, 0) is 55.5 Å². The summed E-state index contributed by atoms with van der Waals surface area (Å²) in [4.78, 5) is 26.1. The highest BCUT2D eigenvalue weighted by Crippen LogP contribution is 2.31. The largest absolute Gasteiger partial charge is 0.497 e. The molecule has 0 saturated heterocycles. The average Bonchev–Trinajstić information content (AvgIpc) is 2.71. The molecule has 0 radical (unpaired) electrons. The van der Waals surface area contributed by atoms with Crippen molar-refractivity contribution in [1.29, 1.82) is 5.26 Å². The van der Waals surface area contributed by atoms with Gasteiger partial charge in [-0.1, -0.05) is 0 Å². The minimum Gasteiger partial charge on any atom is -0.497 e. The summed E-state index contributed by atoms with van der Waals surface area (Å²) in [5.41, 5.74) is 1.50. The van der Waals surface area contributed by atoms with Gasteiger partial charge in [0.25, 0.3) is 10.9 Å². The van der Waals surface area contributed by atoms with E-state index in [4.69, 9.17) is 10.00 Å². The summed E-state index contributed by atoms with van der Waals surface area (Å²) in [5, 5.41) is 11.9. The molecule has 0 atom stereocenters. The molecule has 0 aliphatic carbocycles. The maximum Gasteiger partial charge on any atom is 0.253 e. The van der Waals surface area contributed by atoms with Crippen LogP contribution in [0.2, 0.25) is 0 Å². The molecule has 130 valence electrons. The van der Waals surface area contributed by atoms with Gasteiger partial charge in [0, 0.05) is 17.9 Å². The lowest BCUT2D eigenvalue weighted by molar-refractivity contribution is 0.415. The van der Waals surface area contributed by atoms with E-state index in [0.29, 0.717) is 29.2 Å². The van der Waals surface area contributed by atoms with Crippen LogP contribution in [0.5, 0.6) is 5.75 Å². The second kappa shape index (κ2) is 7.11. The van der Waals surface area contributed by atoms with Crippen LogP contribution in [0.1, 0.15) is 12.5 Å². The standard InChI is InChI=1S/C20H17N3O3/c1-3-23(15-8-10-16(26-2)11-9-15)18-17(19(24)20(18)25)22-14-6-4-13(12-21)5-7-14/h4-11,22H,3H2,1-2H3. The first-order chi connectivity index (χ1) is 12.6. The Hall–Kier alpha value is -3.59. The van der Waals surface area contributed by atoms with Gasteiger partial charge in [0.15, 0.2) is 0 Å². The first-order valence-corrected chi connectivity index (χ1v) is 8.11. The smallest absolute Gasteiger partial charge is 0.253 e. The summed E-state index contributed by atoms with van der Waals surface area (Å²) >= 11 is 0. The molecular formula is C20H17N3O3. The van der Waals surface area contributed by atoms with Crippen molar-refractivity contribution in [1.82, 2.24) is 0 Å². The Labute approximate surface area is 150 Å². The zero-order valence-electron chi connectivity index (χ0n) is 14.4. The number of nitriles is 1. The van der Waals surface area contributed by atoms with Gasteiger partial charge in [-0.3, -0.25) is 9.59 Å². The third-order valence-electron chi connectivity index (χ3n) is 4.14. The van der Waals surface area contributed by atoms with Gasteiger partial charge < -0.3 is 15.0 Å². The summed E-state index contributed by atoms with van der Waals surface area (Å²) in [6, 6.07) is 16.0. The summed E-state index contributed by atoms with van der Waals surface area (Å²) < 4.78 is 5.15. The van der Waals surface area contributed by atoms with Crippen LogP contribution in [0.4, 0.5) is 22.7 Å². The lowest BCUT2D eigenvalue weighted by atomic mass is 10.1. The molecule has 0 saturated carbocycles. The Bertz CT molecular complexity index is 1020. The molecule has 0 aliphatic rings. The van der Waals surface area contributed by atoms with Gasteiger partial charge in [0.2, 0.25) is 0 Å². The number of hydrogen-bond donors (Lipinski definition) is 1. The number of methoxy groups -OCH3 is 1. The Morgan fingerprint density at radius 2 is 1.69 bits per heavy atom. The molecular weight excluding hydrogens is 330 g/mol. The van der Waals surface area contributed by atoms with Crippen molar-refractivity contribution in [3.8, 4) is 11.8 Å². The number of rotatable bonds is 6. The fraction of sp³-hybridized carbons (Fsp3) is 0.150. The third-order valence-corrected chi connectivity index (χ3v) is 4.14. The van der Waals surface area contributed by atoms with Gasteiger partial charge >= 0.3 is 0 Å². The van der Waals surface area contributed by atoms with Gasteiger partial charge in [-0.2, -0.15) is 5.26 Å². The normalized spacial score (nSPS) is 10.3. The monoisotopic (exact) mass is 347 g/mol. The maximum atomic E-state index is 12.2. The van der Waals surface area contributed by atoms with Crippen molar-refractivity contribution >= 4 is 22.7 Å². The van der Waals surface area contributed by atoms with Crippen LogP contribution in [0.15, 0.2) is 58.1 Å². The molecule has 3 aromatic carbocycles. The van der Waals surface area contributed by atoms with E-state index in [1.807, 2.05) is 25.1 Å². The van der Waals surface area contributed by atoms with Crippen molar-refractivity contribution in [3.05, 3.63) is 74.5 Å². The fourth-order valence-electron chi connectivity index (χ4n) is 2.76. The summed E-state index contributed by atoms with van der Waals surface area (Å²) in [5.74, 6) is 0.714. The second-order valence-electron chi connectivity index (χ2n) is 5.64. The molecule has 0 heterocycles. The molecule has 3 rings (SSSR count). The first-order valence-electron chi connectivity index (χ1n) is 8.11. The molecule has 0 unspecified atom stereocenters. The Balaban J connectivity index is 1.94. The van der Waals surface area contributed by atoms with Crippen molar-refractivity contribution in [2.24, 2.45) is 0 Å². The molecule has 0 bridgehead atoms. The van der Waals surface area contributed by atoms with E-state index in [1.165, 1.54) is 0 Å². The van der Waals surface area contributed by atoms with Gasteiger partial charge in [0.05, 0.1) is 18.7 Å². The summed E-state index contributed by atoms with van der Waals surface area (Å²) in [6.07, 6.45) is 0. The zero-order valence-corrected chi connectivity index (χ0v) is 14.4. The number of nitrogens with one attached hydrogen (secondary N) is 1.